The molecule has 0 aromatic heterocycles. The average molecular weight is 653 g/mol. The Kier molecular flexibility index (Phi) is 8.90. The van der Waals surface area contributed by atoms with E-state index in [1.165, 1.54) is 43.8 Å². The molecule has 50 heavy (non-hydrogen) atoms. The van der Waals surface area contributed by atoms with Gasteiger partial charge in [0, 0.05) is 28.8 Å². The number of benzene rings is 8. The van der Waals surface area contributed by atoms with Crippen LogP contribution in [0.25, 0.3) is 43.8 Å². The topological polar surface area (TPSA) is 123 Å². The Hall–Kier alpha value is -6.92. The van der Waals surface area contributed by atoms with Gasteiger partial charge in [0.05, 0.1) is 0 Å². The minimum atomic E-state index is 0.692. The highest BCUT2D eigenvalue weighted by Crippen LogP contribution is 2.43. The van der Waals surface area contributed by atoms with Crippen molar-refractivity contribution < 1.29 is 9.47 Å². The zero-order valence-corrected chi connectivity index (χ0v) is 27.3. The van der Waals surface area contributed by atoms with Gasteiger partial charge in [-0.05, 0) is 129 Å². The molecule has 8 aromatic rings. The molecule has 8 N–H and O–H groups in total. The van der Waals surface area contributed by atoms with Crippen molar-refractivity contribution in [2.45, 2.75) is 0 Å². The Morgan fingerprint density at radius 1 is 0.280 bits per heavy atom. The van der Waals surface area contributed by atoms with Gasteiger partial charge >= 0.3 is 0 Å². The molecule has 0 unspecified atom stereocenters. The Bertz CT molecular complexity index is 2170. The van der Waals surface area contributed by atoms with E-state index in [1.807, 2.05) is 72.8 Å². The normalized spacial score (nSPS) is 10.7. The highest BCUT2D eigenvalue weighted by molar-refractivity contribution is 6.21. The number of hydrogen-bond donors (Lipinski definition) is 4. The molecule has 6 heteroatoms. The van der Waals surface area contributed by atoms with Gasteiger partial charge in [0.1, 0.15) is 23.0 Å². The first-order chi connectivity index (χ1) is 24.4. The summed E-state index contributed by atoms with van der Waals surface area (Å²) in [5.41, 5.74) is 31.0. The fraction of sp³-hybridized carbons (Fsp3) is 0. The van der Waals surface area contributed by atoms with E-state index in [9.17, 15) is 0 Å². The summed E-state index contributed by atoms with van der Waals surface area (Å²) in [6.07, 6.45) is 0. The van der Waals surface area contributed by atoms with Crippen LogP contribution in [0.15, 0.2) is 170 Å². The van der Waals surface area contributed by atoms with Crippen LogP contribution in [0.2, 0.25) is 0 Å². The van der Waals surface area contributed by atoms with Crippen molar-refractivity contribution in [3.8, 4) is 45.3 Å². The number of fused-ring (bicyclic) bond motifs is 2. The molecular weight excluding hydrogens is 617 g/mol. The second kappa shape index (κ2) is 14.1. The maximum atomic E-state index is 5.93. The van der Waals surface area contributed by atoms with Crippen molar-refractivity contribution in [3.05, 3.63) is 170 Å². The van der Waals surface area contributed by atoms with Gasteiger partial charge in [-0.1, -0.05) is 78.9 Å². The van der Waals surface area contributed by atoms with Crippen molar-refractivity contribution in [2.75, 3.05) is 22.9 Å². The van der Waals surface area contributed by atoms with Crippen LogP contribution in [0, 0.1) is 0 Å². The highest BCUT2D eigenvalue weighted by atomic mass is 16.5. The number of nitrogens with two attached hydrogens (primary N) is 4. The number of nitrogen functional groups attached to an aromatic ring is 4. The van der Waals surface area contributed by atoms with E-state index >= 15 is 0 Å². The zero-order chi connectivity index (χ0) is 34.5. The maximum Gasteiger partial charge on any atom is 0.131 e. The molecule has 6 nitrogen and oxygen atoms in total. The smallest absolute Gasteiger partial charge is 0.131 e. The Labute approximate surface area is 291 Å². The second-order valence-corrected chi connectivity index (χ2v) is 11.9. The highest BCUT2D eigenvalue weighted by Gasteiger charge is 2.16. The first kappa shape index (κ1) is 31.7. The lowest BCUT2D eigenvalue weighted by atomic mass is 9.86. The van der Waals surface area contributed by atoms with E-state index < -0.39 is 0 Å². The van der Waals surface area contributed by atoms with Crippen molar-refractivity contribution in [2.24, 2.45) is 0 Å². The standard InChI is InChI=1S/C26H20N2.C18H16N2O2/c27-19-13-9-17(10-14-19)25-21-5-1-2-6-22(21)26(18-11-15-20(28)16-12-18)24-8-4-3-7-23(24)25;19-13-4-8-15(9-5-13)21-17-2-1-3-18(12-17)22-16-10-6-14(20)7-11-16/h1-16H,27-28H2;1-12H,19-20H2. The number of hydrogen-bond acceptors (Lipinski definition) is 6. The SMILES string of the molecule is Nc1ccc(-c2c3ccccc3c(-c3ccc(N)cc3)c3ccccc23)cc1.Nc1ccc(Oc2cccc(Oc3ccc(N)cc3)c2)cc1. The summed E-state index contributed by atoms with van der Waals surface area (Å²) in [4.78, 5) is 0. The van der Waals surface area contributed by atoms with Crippen LogP contribution >= 0.6 is 0 Å². The zero-order valence-electron chi connectivity index (χ0n) is 27.3. The van der Waals surface area contributed by atoms with Gasteiger partial charge in [0.2, 0.25) is 0 Å². The Balaban J connectivity index is 0.000000162. The Morgan fingerprint density at radius 3 is 0.900 bits per heavy atom. The number of ether oxygens (including phenoxy) is 2. The molecular formula is C44H36N4O2. The lowest BCUT2D eigenvalue weighted by molar-refractivity contribution is 0.460. The van der Waals surface area contributed by atoms with Gasteiger partial charge in [-0.25, -0.2) is 0 Å². The summed E-state index contributed by atoms with van der Waals surface area (Å²) in [6.45, 7) is 0. The van der Waals surface area contributed by atoms with Gasteiger partial charge in [-0.2, -0.15) is 0 Å². The molecule has 244 valence electrons. The van der Waals surface area contributed by atoms with Crippen LogP contribution in [-0.4, -0.2) is 0 Å². The molecule has 0 amide bonds. The Morgan fingerprint density at radius 2 is 0.580 bits per heavy atom. The van der Waals surface area contributed by atoms with Gasteiger partial charge in [0.25, 0.3) is 0 Å². The average Bonchev–Trinajstić information content (AvgIpc) is 3.14. The van der Waals surface area contributed by atoms with E-state index in [0.29, 0.717) is 22.9 Å². The van der Waals surface area contributed by atoms with Gasteiger partial charge in [-0.15, -0.1) is 0 Å². The van der Waals surface area contributed by atoms with Crippen molar-refractivity contribution in [1.29, 1.82) is 0 Å². The molecule has 0 bridgehead atoms. The number of anilines is 4. The number of rotatable bonds is 6. The van der Waals surface area contributed by atoms with E-state index in [2.05, 4.69) is 72.8 Å². The van der Waals surface area contributed by atoms with Crippen molar-refractivity contribution in [3.63, 3.8) is 0 Å². The molecule has 0 aliphatic heterocycles. The van der Waals surface area contributed by atoms with E-state index in [0.717, 1.165) is 22.9 Å². The molecule has 0 atom stereocenters. The largest absolute Gasteiger partial charge is 0.457 e. The lowest BCUT2D eigenvalue weighted by Gasteiger charge is -2.17. The summed E-state index contributed by atoms with van der Waals surface area (Å²) in [5.74, 6) is 2.83. The third-order valence-electron chi connectivity index (χ3n) is 8.37. The summed E-state index contributed by atoms with van der Waals surface area (Å²) in [6, 6.07) is 55.4. The predicted molar refractivity (Wildman–Crippen MR) is 209 cm³/mol. The molecule has 8 rings (SSSR count). The van der Waals surface area contributed by atoms with E-state index in [-0.39, 0.29) is 0 Å². The van der Waals surface area contributed by atoms with Crippen LogP contribution in [0.4, 0.5) is 22.7 Å². The molecule has 0 heterocycles. The van der Waals surface area contributed by atoms with Gasteiger partial charge < -0.3 is 32.4 Å². The van der Waals surface area contributed by atoms with E-state index in [4.69, 9.17) is 32.4 Å². The first-order valence-corrected chi connectivity index (χ1v) is 16.2. The predicted octanol–water partition coefficient (Wildman–Crippen LogP) is 10.9. The molecule has 0 radical (unpaired) electrons. The first-order valence-electron chi connectivity index (χ1n) is 16.2. The molecule has 0 spiro atoms. The quantitative estimate of drug-likeness (QED) is 0.105. The molecule has 0 saturated heterocycles. The van der Waals surface area contributed by atoms with Crippen molar-refractivity contribution >= 4 is 44.3 Å². The lowest BCUT2D eigenvalue weighted by Crippen LogP contribution is -1.91. The van der Waals surface area contributed by atoms with Crippen LogP contribution in [0.1, 0.15) is 0 Å². The molecule has 0 saturated carbocycles. The fourth-order valence-corrected chi connectivity index (χ4v) is 6.00. The molecule has 8 aromatic carbocycles. The molecule has 0 aliphatic carbocycles. The van der Waals surface area contributed by atoms with Crippen LogP contribution < -0.4 is 32.4 Å². The van der Waals surface area contributed by atoms with Crippen molar-refractivity contribution in [1.82, 2.24) is 0 Å². The summed E-state index contributed by atoms with van der Waals surface area (Å²) >= 11 is 0. The summed E-state index contributed by atoms with van der Waals surface area (Å²) in [7, 11) is 0. The van der Waals surface area contributed by atoms with Gasteiger partial charge in [0.15, 0.2) is 0 Å². The van der Waals surface area contributed by atoms with Crippen LogP contribution in [0.3, 0.4) is 0 Å². The van der Waals surface area contributed by atoms with Gasteiger partial charge in [-0.3, -0.25) is 0 Å². The molecule has 0 aliphatic rings. The summed E-state index contributed by atoms with van der Waals surface area (Å²) in [5, 5.41) is 4.94. The summed E-state index contributed by atoms with van der Waals surface area (Å²) < 4.78 is 11.6. The third kappa shape index (κ3) is 7.00. The van der Waals surface area contributed by atoms with Crippen LogP contribution in [-0.2, 0) is 0 Å². The second-order valence-electron chi connectivity index (χ2n) is 11.9. The molecule has 0 fully saturated rings. The minimum Gasteiger partial charge on any atom is -0.457 e. The monoisotopic (exact) mass is 652 g/mol. The maximum absolute atomic E-state index is 5.93. The third-order valence-corrected chi connectivity index (χ3v) is 8.37. The van der Waals surface area contributed by atoms with Crippen LogP contribution in [0.5, 0.6) is 23.0 Å². The van der Waals surface area contributed by atoms with E-state index in [1.54, 1.807) is 24.3 Å². The minimum absolute atomic E-state index is 0.692. The fourth-order valence-electron chi connectivity index (χ4n) is 6.00.